The molecule has 1 heteroatoms. The van der Waals surface area contributed by atoms with E-state index in [2.05, 4.69) is 90.4 Å². The van der Waals surface area contributed by atoms with Crippen molar-refractivity contribution in [2.24, 2.45) is 5.41 Å². The van der Waals surface area contributed by atoms with Gasteiger partial charge >= 0.3 is 0 Å². The molecule has 0 unspecified atom stereocenters. The Hall–Kier alpha value is -2.41. The van der Waals surface area contributed by atoms with Gasteiger partial charge in [0.2, 0.25) is 0 Å². The van der Waals surface area contributed by atoms with Crippen molar-refractivity contribution in [1.82, 2.24) is 4.98 Å². The van der Waals surface area contributed by atoms with Gasteiger partial charge in [-0.15, -0.1) is 6.58 Å². The molecule has 0 bridgehead atoms. The van der Waals surface area contributed by atoms with E-state index in [-0.39, 0.29) is 0 Å². The molecule has 0 aliphatic carbocycles. The van der Waals surface area contributed by atoms with Gasteiger partial charge in [0.1, 0.15) is 0 Å². The first-order chi connectivity index (χ1) is 16.1. The van der Waals surface area contributed by atoms with Crippen LogP contribution in [0.2, 0.25) is 0 Å². The molecule has 0 fully saturated rings. The molecular weight excluding hydrogens is 410 g/mol. The summed E-state index contributed by atoms with van der Waals surface area (Å²) in [4.78, 5) is 4.38. The van der Waals surface area contributed by atoms with Gasteiger partial charge in [0, 0.05) is 11.1 Å². The van der Waals surface area contributed by atoms with Crippen molar-refractivity contribution in [3.8, 4) is 0 Å². The topological polar surface area (TPSA) is 12.9 Å². The number of benzene rings is 2. The molecule has 0 radical (unpaired) electrons. The number of hydrogen-bond donors (Lipinski definition) is 0. The number of allylic oxidation sites excluding steroid dienone is 1. The van der Waals surface area contributed by atoms with E-state index in [0.29, 0.717) is 5.41 Å². The molecule has 0 saturated carbocycles. The molecule has 0 spiro atoms. The van der Waals surface area contributed by atoms with Crippen LogP contribution in [0.15, 0.2) is 66.7 Å². The minimum absolute atomic E-state index is 0.572. The maximum absolute atomic E-state index is 4.38. The summed E-state index contributed by atoms with van der Waals surface area (Å²) < 4.78 is 0. The zero-order chi connectivity index (χ0) is 25.6. The minimum atomic E-state index is 0.572. The van der Waals surface area contributed by atoms with Crippen LogP contribution in [-0.2, 0) is 6.42 Å². The van der Waals surface area contributed by atoms with Gasteiger partial charge in [-0.25, -0.2) is 0 Å². The normalized spacial score (nSPS) is 10.7. The average molecular weight is 460 g/mol. The maximum Gasteiger partial charge on any atom is 0.0705 e. The van der Waals surface area contributed by atoms with E-state index in [1.807, 2.05) is 31.2 Å². The molecule has 0 aliphatic heterocycles. The fraction of sp³-hybridized carbons (Fsp3) is 0.485. The summed E-state index contributed by atoms with van der Waals surface area (Å²) in [6, 6.07) is 18.9. The molecule has 0 saturated heterocycles. The Labute approximate surface area is 210 Å². The van der Waals surface area contributed by atoms with E-state index in [1.165, 1.54) is 66.2 Å². The lowest BCUT2D eigenvalue weighted by molar-refractivity contribution is 0.244. The van der Waals surface area contributed by atoms with Crippen molar-refractivity contribution in [3.05, 3.63) is 89.1 Å². The summed E-state index contributed by atoms with van der Waals surface area (Å²) in [5, 5.41) is 1.21. The number of rotatable bonds is 8. The first kappa shape index (κ1) is 29.6. The monoisotopic (exact) mass is 459 g/mol. The van der Waals surface area contributed by atoms with E-state index < -0.39 is 0 Å². The second-order valence-electron chi connectivity index (χ2n) is 10.2. The fourth-order valence-electron chi connectivity index (χ4n) is 4.45. The lowest BCUT2D eigenvalue weighted by Crippen LogP contribution is -2.15. The molecule has 34 heavy (non-hydrogen) atoms. The van der Waals surface area contributed by atoms with Gasteiger partial charge in [-0.2, -0.15) is 0 Å². The predicted octanol–water partition coefficient (Wildman–Crippen LogP) is 10.4. The molecule has 1 aromatic heterocycles. The lowest BCUT2D eigenvalue weighted by atomic mass is 9.77. The van der Waals surface area contributed by atoms with Crippen molar-refractivity contribution in [1.29, 1.82) is 0 Å². The molecule has 3 rings (SSSR count). The molecule has 3 aromatic rings. The van der Waals surface area contributed by atoms with Crippen LogP contribution in [0.3, 0.4) is 0 Å². The molecule has 0 amide bonds. The van der Waals surface area contributed by atoms with Gasteiger partial charge in [0.15, 0.2) is 0 Å². The van der Waals surface area contributed by atoms with Crippen molar-refractivity contribution < 1.29 is 0 Å². The van der Waals surface area contributed by atoms with Crippen LogP contribution < -0.4 is 0 Å². The number of hydrogen-bond acceptors (Lipinski definition) is 1. The number of para-hydroxylation sites is 1. The summed E-state index contributed by atoms with van der Waals surface area (Å²) in [5.41, 5.74) is 8.30. The van der Waals surface area contributed by atoms with Crippen LogP contribution in [-0.4, -0.2) is 4.98 Å². The third-order valence-electron chi connectivity index (χ3n) is 6.49. The number of aromatic nitrogens is 1. The third kappa shape index (κ3) is 11.1. The summed E-state index contributed by atoms with van der Waals surface area (Å²) in [5.74, 6) is 0. The number of fused-ring (bicyclic) bond motifs is 1. The minimum Gasteiger partial charge on any atom is -0.253 e. The van der Waals surface area contributed by atoms with E-state index in [0.717, 1.165) is 17.6 Å². The van der Waals surface area contributed by atoms with E-state index in [4.69, 9.17) is 0 Å². The number of aryl methyl sites for hydroxylation is 4. The second-order valence-corrected chi connectivity index (χ2v) is 10.2. The lowest BCUT2D eigenvalue weighted by Gasteiger charge is -2.29. The third-order valence-corrected chi connectivity index (χ3v) is 6.49. The highest BCUT2D eigenvalue weighted by Crippen LogP contribution is 2.35. The molecule has 2 aromatic carbocycles. The molecule has 0 aliphatic rings. The maximum atomic E-state index is 4.38. The first-order valence-corrected chi connectivity index (χ1v) is 13.2. The standard InChI is InChI=1S/C13H26.C10H9N.C10H14/c1-6-9-13(5,10-7-2)11-8-12(3)4;1-8-6-7-9-4-2-3-5-10(9)11-8;1-4-10-7-8(2)5-6-9(10)3/h3,6-11H2,1-2,4-5H3;2-7H,1H3;5-7H,4H2,1-3H3. The summed E-state index contributed by atoms with van der Waals surface area (Å²) in [6.07, 6.45) is 9.04. The van der Waals surface area contributed by atoms with E-state index >= 15 is 0 Å². The molecule has 0 atom stereocenters. The van der Waals surface area contributed by atoms with Crippen LogP contribution in [0.1, 0.15) is 95.5 Å². The first-order valence-electron chi connectivity index (χ1n) is 13.2. The quantitative estimate of drug-likeness (QED) is 0.305. The average Bonchev–Trinajstić information content (AvgIpc) is 2.80. The van der Waals surface area contributed by atoms with Crippen molar-refractivity contribution >= 4 is 10.9 Å². The summed E-state index contributed by atoms with van der Waals surface area (Å²) in [6.45, 7) is 21.6. The number of pyridine rings is 1. The van der Waals surface area contributed by atoms with Crippen LogP contribution in [0.4, 0.5) is 0 Å². The smallest absolute Gasteiger partial charge is 0.0705 e. The fourth-order valence-corrected chi connectivity index (χ4v) is 4.45. The zero-order valence-corrected chi connectivity index (χ0v) is 23.3. The Morgan fingerprint density at radius 2 is 1.50 bits per heavy atom. The van der Waals surface area contributed by atoms with Gasteiger partial charge in [0.25, 0.3) is 0 Å². The van der Waals surface area contributed by atoms with E-state index in [9.17, 15) is 0 Å². The second kappa shape index (κ2) is 15.5. The molecule has 0 N–H and O–H groups in total. The number of nitrogens with zero attached hydrogens (tertiary/aromatic N) is 1. The van der Waals surface area contributed by atoms with Crippen LogP contribution in [0.25, 0.3) is 10.9 Å². The summed E-state index contributed by atoms with van der Waals surface area (Å²) in [7, 11) is 0. The predicted molar refractivity (Wildman–Crippen MR) is 154 cm³/mol. The molecular formula is C33H49N. The Balaban J connectivity index is 0.000000257. The van der Waals surface area contributed by atoms with Crippen molar-refractivity contribution in [3.63, 3.8) is 0 Å². The molecule has 1 heterocycles. The van der Waals surface area contributed by atoms with Crippen LogP contribution in [0, 0.1) is 26.2 Å². The Kier molecular flexibility index (Phi) is 13.5. The Morgan fingerprint density at radius 1 is 0.853 bits per heavy atom. The van der Waals surface area contributed by atoms with Gasteiger partial charge < -0.3 is 0 Å². The van der Waals surface area contributed by atoms with Gasteiger partial charge in [-0.05, 0) is 88.5 Å². The van der Waals surface area contributed by atoms with Gasteiger partial charge in [-0.3, -0.25) is 4.98 Å². The molecule has 186 valence electrons. The Bertz CT molecular complexity index is 992. The highest BCUT2D eigenvalue weighted by Gasteiger charge is 2.21. The van der Waals surface area contributed by atoms with Crippen molar-refractivity contribution in [2.75, 3.05) is 0 Å². The van der Waals surface area contributed by atoms with E-state index in [1.54, 1.807) is 0 Å². The zero-order valence-electron chi connectivity index (χ0n) is 23.3. The van der Waals surface area contributed by atoms with Crippen molar-refractivity contribution in [2.45, 2.75) is 100 Å². The van der Waals surface area contributed by atoms with Gasteiger partial charge in [0.05, 0.1) is 5.52 Å². The van der Waals surface area contributed by atoms with Crippen LogP contribution in [0.5, 0.6) is 0 Å². The SMILES string of the molecule is C=C(C)CCC(C)(CCC)CCC.CCc1cc(C)ccc1C.Cc1ccc2ccccc2n1. The highest BCUT2D eigenvalue weighted by molar-refractivity contribution is 5.78. The summed E-state index contributed by atoms with van der Waals surface area (Å²) >= 11 is 0. The molecule has 1 nitrogen and oxygen atoms in total. The Morgan fingerprint density at radius 3 is 2.06 bits per heavy atom. The largest absolute Gasteiger partial charge is 0.253 e. The van der Waals surface area contributed by atoms with Crippen LogP contribution >= 0.6 is 0 Å². The highest BCUT2D eigenvalue weighted by atomic mass is 14.7. The van der Waals surface area contributed by atoms with Gasteiger partial charge in [-0.1, -0.05) is 94.1 Å².